The highest BCUT2D eigenvalue weighted by atomic mass is 32.2. The van der Waals surface area contributed by atoms with Crippen LogP contribution in [0.15, 0.2) is 11.2 Å². The number of anilines is 1. The van der Waals surface area contributed by atoms with Gasteiger partial charge in [-0.05, 0) is 6.92 Å². The number of hydrogen-bond acceptors (Lipinski definition) is 6. The lowest BCUT2D eigenvalue weighted by Crippen LogP contribution is -2.28. The normalized spacial score (nSPS) is 12.2. The fourth-order valence-corrected chi connectivity index (χ4v) is 3.11. The van der Waals surface area contributed by atoms with Crippen LogP contribution < -0.4 is 5.73 Å². The average Bonchev–Trinajstić information content (AvgIpc) is 2.88. The van der Waals surface area contributed by atoms with E-state index in [1.54, 1.807) is 14.0 Å². The maximum absolute atomic E-state index is 12.4. The molecular formula is C9H15N7O2S. The molecule has 0 saturated heterocycles. The van der Waals surface area contributed by atoms with E-state index in [1.807, 2.05) is 0 Å². The van der Waals surface area contributed by atoms with Gasteiger partial charge in [0.15, 0.2) is 5.82 Å². The number of nitrogen functional groups attached to an aromatic ring is 1. The van der Waals surface area contributed by atoms with Crippen LogP contribution in [-0.4, -0.2) is 44.7 Å². The second-order valence-corrected chi connectivity index (χ2v) is 6.10. The number of H-pyrrole nitrogens is 1. The van der Waals surface area contributed by atoms with E-state index in [0.717, 1.165) is 4.31 Å². The van der Waals surface area contributed by atoms with Crippen molar-refractivity contribution in [1.29, 1.82) is 0 Å². The molecule has 0 fully saturated rings. The molecule has 0 aliphatic rings. The number of rotatable bonds is 4. The molecule has 0 radical (unpaired) electrons. The van der Waals surface area contributed by atoms with E-state index >= 15 is 0 Å². The zero-order chi connectivity index (χ0) is 14.2. The van der Waals surface area contributed by atoms with Crippen LogP contribution in [0.1, 0.15) is 11.5 Å². The third kappa shape index (κ3) is 2.31. The lowest BCUT2D eigenvalue weighted by atomic mass is 10.5. The summed E-state index contributed by atoms with van der Waals surface area (Å²) in [4.78, 5) is 3.91. The van der Waals surface area contributed by atoms with Gasteiger partial charge in [-0.2, -0.15) is 14.5 Å². The minimum absolute atomic E-state index is 0.00980. The third-order valence-corrected chi connectivity index (χ3v) is 4.78. The van der Waals surface area contributed by atoms with Gasteiger partial charge in [-0.3, -0.25) is 9.78 Å². The molecule has 0 amide bonds. The molecule has 2 aromatic rings. The van der Waals surface area contributed by atoms with Gasteiger partial charge in [-0.15, -0.1) is 0 Å². The number of aryl methyl sites for hydroxylation is 1. The molecule has 0 aliphatic heterocycles. The van der Waals surface area contributed by atoms with Crippen LogP contribution in [0.3, 0.4) is 0 Å². The molecule has 10 heteroatoms. The average molecular weight is 285 g/mol. The molecule has 0 bridgehead atoms. The summed E-state index contributed by atoms with van der Waals surface area (Å²) in [7, 11) is -0.630. The summed E-state index contributed by atoms with van der Waals surface area (Å²) >= 11 is 0. The lowest BCUT2D eigenvalue weighted by Gasteiger charge is -2.15. The van der Waals surface area contributed by atoms with Gasteiger partial charge in [0.25, 0.3) is 0 Å². The number of nitrogens with two attached hydrogens (primary N) is 1. The van der Waals surface area contributed by atoms with Crippen molar-refractivity contribution in [2.45, 2.75) is 18.4 Å². The zero-order valence-electron chi connectivity index (χ0n) is 10.8. The summed E-state index contributed by atoms with van der Waals surface area (Å²) in [5, 5.41) is 10.2. The van der Waals surface area contributed by atoms with E-state index in [4.69, 9.17) is 5.73 Å². The number of sulfonamides is 1. The van der Waals surface area contributed by atoms with Crippen molar-refractivity contribution < 1.29 is 8.42 Å². The molecule has 104 valence electrons. The highest BCUT2D eigenvalue weighted by Crippen LogP contribution is 2.24. The van der Waals surface area contributed by atoms with Crippen LogP contribution in [0.2, 0.25) is 0 Å². The summed E-state index contributed by atoms with van der Waals surface area (Å²) in [6, 6.07) is 0. The van der Waals surface area contributed by atoms with Crippen molar-refractivity contribution in [3.05, 3.63) is 17.8 Å². The number of aromatic nitrogens is 5. The Hall–Kier alpha value is -1.94. The fraction of sp³-hybridized carbons (Fsp3) is 0.444. The molecule has 0 saturated carbocycles. The van der Waals surface area contributed by atoms with Crippen LogP contribution in [0.5, 0.6) is 0 Å². The van der Waals surface area contributed by atoms with Crippen molar-refractivity contribution in [2.24, 2.45) is 7.05 Å². The molecule has 9 nitrogen and oxygen atoms in total. The first-order valence-corrected chi connectivity index (χ1v) is 6.87. The Morgan fingerprint density at radius 2 is 2.21 bits per heavy atom. The Kier molecular flexibility index (Phi) is 3.28. The molecule has 0 aromatic carbocycles. The van der Waals surface area contributed by atoms with E-state index in [1.165, 1.54) is 18.1 Å². The molecule has 0 atom stereocenters. The van der Waals surface area contributed by atoms with Crippen molar-refractivity contribution >= 4 is 15.8 Å². The summed E-state index contributed by atoms with van der Waals surface area (Å²) in [5.74, 6) is 0.440. The fourth-order valence-electron chi connectivity index (χ4n) is 1.69. The molecule has 2 heterocycles. The second-order valence-electron chi connectivity index (χ2n) is 4.12. The molecule has 19 heavy (non-hydrogen) atoms. The summed E-state index contributed by atoms with van der Waals surface area (Å²) < 4.78 is 27.5. The Labute approximate surface area is 110 Å². The van der Waals surface area contributed by atoms with Gasteiger partial charge in [0.2, 0.25) is 10.0 Å². The van der Waals surface area contributed by atoms with Crippen LogP contribution >= 0.6 is 0 Å². The van der Waals surface area contributed by atoms with Gasteiger partial charge < -0.3 is 5.73 Å². The van der Waals surface area contributed by atoms with Crippen molar-refractivity contribution in [3.8, 4) is 0 Å². The van der Waals surface area contributed by atoms with E-state index < -0.39 is 10.0 Å². The Morgan fingerprint density at radius 3 is 2.68 bits per heavy atom. The first-order valence-electron chi connectivity index (χ1n) is 5.43. The van der Waals surface area contributed by atoms with Gasteiger partial charge in [0, 0.05) is 14.1 Å². The number of aromatic amines is 1. The SMILES string of the molecule is Cc1c(S(=O)(=O)N(C)Cc2ncn[nH]2)c(N)nn1C. The molecule has 2 aromatic heterocycles. The van der Waals surface area contributed by atoms with Crippen LogP contribution in [0.25, 0.3) is 0 Å². The first-order chi connectivity index (χ1) is 8.84. The maximum Gasteiger partial charge on any atom is 0.248 e. The predicted octanol–water partition coefficient (Wildman–Crippen LogP) is -0.750. The Bertz CT molecular complexity index is 674. The number of nitrogens with zero attached hydrogens (tertiary/aromatic N) is 5. The summed E-state index contributed by atoms with van der Waals surface area (Å²) in [5.41, 5.74) is 6.15. The van der Waals surface area contributed by atoms with Gasteiger partial charge in [0.05, 0.1) is 12.2 Å². The minimum atomic E-state index is -3.72. The molecular weight excluding hydrogens is 270 g/mol. The third-order valence-electron chi connectivity index (χ3n) is 2.81. The molecule has 2 rings (SSSR count). The lowest BCUT2D eigenvalue weighted by molar-refractivity contribution is 0.457. The van der Waals surface area contributed by atoms with Crippen LogP contribution in [0.4, 0.5) is 5.82 Å². The molecule has 3 N–H and O–H groups in total. The topological polar surface area (TPSA) is 123 Å². The number of nitrogens with one attached hydrogen (secondary N) is 1. The molecule has 0 aliphatic carbocycles. The largest absolute Gasteiger partial charge is 0.381 e. The van der Waals surface area contributed by atoms with E-state index in [2.05, 4.69) is 20.3 Å². The van der Waals surface area contributed by atoms with Gasteiger partial charge >= 0.3 is 0 Å². The predicted molar refractivity (Wildman–Crippen MR) is 67.4 cm³/mol. The van der Waals surface area contributed by atoms with Crippen LogP contribution in [0, 0.1) is 6.92 Å². The quantitative estimate of drug-likeness (QED) is 0.762. The van der Waals surface area contributed by atoms with Gasteiger partial charge in [0.1, 0.15) is 17.0 Å². The zero-order valence-corrected chi connectivity index (χ0v) is 11.6. The van der Waals surface area contributed by atoms with E-state index in [0.29, 0.717) is 11.5 Å². The summed E-state index contributed by atoms with van der Waals surface area (Å²) in [6.07, 6.45) is 1.32. The van der Waals surface area contributed by atoms with Crippen molar-refractivity contribution in [3.63, 3.8) is 0 Å². The first kappa shape index (κ1) is 13.5. The van der Waals surface area contributed by atoms with Crippen molar-refractivity contribution in [2.75, 3.05) is 12.8 Å². The Balaban J connectivity index is 2.36. The molecule has 0 spiro atoms. The monoisotopic (exact) mass is 285 g/mol. The highest BCUT2D eigenvalue weighted by molar-refractivity contribution is 7.89. The highest BCUT2D eigenvalue weighted by Gasteiger charge is 2.29. The van der Waals surface area contributed by atoms with Gasteiger partial charge in [-0.25, -0.2) is 13.4 Å². The maximum atomic E-state index is 12.4. The smallest absolute Gasteiger partial charge is 0.248 e. The van der Waals surface area contributed by atoms with Crippen molar-refractivity contribution in [1.82, 2.24) is 29.3 Å². The summed E-state index contributed by atoms with van der Waals surface area (Å²) in [6.45, 7) is 1.73. The van der Waals surface area contributed by atoms with E-state index in [9.17, 15) is 8.42 Å². The Morgan fingerprint density at radius 1 is 1.53 bits per heavy atom. The second kappa shape index (κ2) is 4.63. The molecule has 0 unspecified atom stereocenters. The standard InChI is InChI=1S/C9H15N7O2S/c1-6-8(9(10)14-16(6)3)19(17,18)15(2)4-7-11-5-12-13-7/h5H,4H2,1-3H3,(H2,10,14)(H,11,12,13). The number of hydrogen-bond donors (Lipinski definition) is 2. The minimum Gasteiger partial charge on any atom is -0.381 e. The van der Waals surface area contributed by atoms with E-state index in [-0.39, 0.29) is 17.3 Å². The van der Waals surface area contributed by atoms with Gasteiger partial charge in [-0.1, -0.05) is 0 Å². The van der Waals surface area contributed by atoms with Crippen LogP contribution in [-0.2, 0) is 23.6 Å².